The Morgan fingerprint density at radius 2 is 2.38 bits per heavy atom. The summed E-state index contributed by atoms with van der Waals surface area (Å²) in [6.45, 7) is 3.76. The van der Waals surface area contributed by atoms with E-state index in [0.29, 0.717) is 0 Å². The highest BCUT2D eigenvalue weighted by Crippen LogP contribution is 2.34. The van der Waals surface area contributed by atoms with Gasteiger partial charge in [0, 0.05) is 11.6 Å². The predicted molar refractivity (Wildman–Crippen MR) is 68.0 cm³/mol. The van der Waals surface area contributed by atoms with E-state index >= 15 is 0 Å². The van der Waals surface area contributed by atoms with Crippen LogP contribution in [-0.4, -0.2) is 12.1 Å². The fourth-order valence-electron chi connectivity index (χ4n) is 1.67. The van der Waals surface area contributed by atoms with Crippen LogP contribution in [0.1, 0.15) is 5.56 Å². The molecule has 0 spiro atoms. The molecule has 3 heteroatoms. The van der Waals surface area contributed by atoms with Crippen molar-refractivity contribution in [3.8, 4) is 16.3 Å². The predicted octanol–water partition coefficient (Wildman–Crippen LogP) is 3.55. The normalized spacial score (nSPS) is 10.1. The van der Waals surface area contributed by atoms with Crippen molar-refractivity contribution in [2.24, 2.45) is 0 Å². The van der Waals surface area contributed by atoms with Crippen molar-refractivity contribution in [1.82, 2.24) is 4.98 Å². The molecule has 0 aliphatic heterocycles. The van der Waals surface area contributed by atoms with Crippen LogP contribution in [0.3, 0.4) is 0 Å². The molecule has 0 amide bonds. The molecular formula is C13H13NOS. The lowest BCUT2D eigenvalue weighted by molar-refractivity contribution is 0.412. The van der Waals surface area contributed by atoms with Crippen molar-refractivity contribution in [3.63, 3.8) is 0 Å². The number of ether oxygens (including phenoxy) is 1. The van der Waals surface area contributed by atoms with Gasteiger partial charge >= 0.3 is 0 Å². The molecule has 2 rings (SSSR count). The molecule has 0 atom stereocenters. The first-order valence-electron chi connectivity index (χ1n) is 5.03. The molecule has 0 saturated heterocycles. The molecule has 2 nitrogen and oxygen atoms in total. The number of para-hydroxylation sites is 1. The summed E-state index contributed by atoms with van der Waals surface area (Å²) in [6, 6.07) is 6.11. The van der Waals surface area contributed by atoms with Crippen LogP contribution in [0.5, 0.6) is 5.75 Å². The molecule has 82 valence electrons. The van der Waals surface area contributed by atoms with Gasteiger partial charge in [0.15, 0.2) is 0 Å². The van der Waals surface area contributed by atoms with Gasteiger partial charge in [-0.1, -0.05) is 18.2 Å². The molecule has 1 aromatic heterocycles. The summed E-state index contributed by atoms with van der Waals surface area (Å²) in [5.41, 5.74) is 2.20. The highest BCUT2D eigenvalue weighted by Gasteiger charge is 2.11. The number of allylic oxidation sites excluding steroid dienone is 1. The quantitative estimate of drug-likeness (QED) is 0.751. The van der Waals surface area contributed by atoms with Crippen LogP contribution >= 0.6 is 11.3 Å². The van der Waals surface area contributed by atoms with E-state index in [2.05, 4.69) is 17.6 Å². The van der Waals surface area contributed by atoms with Crippen molar-refractivity contribution in [3.05, 3.63) is 48.0 Å². The average molecular weight is 231 g/mol. The van der Waals surface area contributed by atoms with E-state index in [0.717, 1.165) is 28.3 Å². The van der Waals surface area contributed by atoms with Crippen LogP contribution in [0.25, 0.3) is 10.6 Å². The Morgan fingerprint density at radius 3 is 3.00 bits per heavy atom. The molecule has 0 aliphatic carbocycles. The van der Waals surface area contributed by atoms with E-state index in [-0.39, 0.29) is 0 Å². The molecule has 16 heavy (non-hydrogen) atoms. The third-order valence-electron chi connectivity index (χ3n) is 2.33. The topological polar surface area (TPSA) is 22.1 Å². The third-order valence-corrected chi connectivity index (χ3v) is 3.13. The lowest BCUT2D eigenvalue weighted by Crippen LogP contribution is -1.93. The Kier molecular flexibility index (Phi) is 3.37. The standard InChI is InChI=1S/C13H13NOS/c1-3-5-10-6-4-7-11(12(10)15-2)13-14-8-9-16-13/h3-4,6-9H,1,5H2,2H3. The fourth-order valence-corrected chi connectivity index (χ4v) is 2.33. The van der Waals surface area contributed by atoms with Crippen molar-refractivity contribution in [2.45, 2.75) is 6.42 Å². The van der Waals surface area contributed by atoms with Gasteiger partial charge < -0.3 is 4.74 Å². The molecular weight excluding hydrogens is 218 g/mol. The molecule has 0 saturated carbocycles. The molecule has 0 radical (unpaired) electrons. The summed E-state index contributed by atoms with van der Waals surface area (Å²) in [5.74, 6) is 0.900. The van der Waals surface area contributed by atoms with Gasteiger partial charge in [-0.05, 0) is 18.1 Å². The number of aromatic nitrogens is 1. The minimum absolute atomic E-state index is 0.808. The highest BCUT2D eigenvalue weighted by atomic mass is 32.1. The number of hydrogen-bond acceptors (Lipinski definition) is 3. The highest BCUT2D eigenvalue weighted by molar-refractivity contribution is 7.13. The van der Waals surface area contributed by atoms with E-state index in [9.17, 15) is 0 Å². The molecule has 1 heterocycles. The number of methoxy groups -OCH3 is 1. The first-order chi connectivity index (χ1) is 7.86. The minimum Gasteiger partial charge on any atom is -0.496 e. The minimum atomic E-state index is 0.808. The Labute approximate surface area is 99.2 Å². The molecule has 0 aliphatic rings. The molecule has 2 aromatic rings. The SMILES string of the molecule is C=CCc1cccc(-c2nccs2)c1OC. The fraction of sp³-hybridized carbons (Fsp3) is 0.154. The monoisotopic (exact) mass is 231 g/mol. The summed E-state index contributed by atoms with van der Waals surface area (Å²) >= 11 is 1.62. The molecule has 0 N–H and O–H groups in total. The van der Waals surface area contributed by atoms with Crippen LogP contribution in [0.2, 0.25) is 0 Å². The van der Waals surface area contributed by atoms with Crippen LogP contribution < -0.4 is 4.74 Å². The maximum absolute atomic E-state index is 5.47. The van der Waals surface area contributed by atoms with E-state index in [4.69, 9.17) is 4.74 Å². The molecule has 0 bridgehead atoms. The van der Waals surface area contributed by atoms with E-state index in [1.807, 2.05) is 23.6 Å². The van der Waals surface area contributed by atoms with Crippen molar-refractivity contribution in [1.29, 1.82) is 0 Å². The van der Waals surface area contributed by atoms with Crippen LogP contribution in [0.4, 0.5) is 0 Å². The van der Waals surface area contributed by atoms with Crippen LogP contribution in [0, 0.1) is 0 Å². The van der Waals surface area contributed by atoms with Crippen molar-refractivity contribution < 1.29 is 4.74 Å². The third kappa shape index (κ3) is 1.99. The van der Waals surface area contributed by atoms with Crippen LogP contribution in [0.15, 0.2) is 42.4 Å². The lowest BCUT2D eigenvalue weighted by Gasteiger charge is -2.10. The summed E-state index contributed by atoms with van der Waals surface area (Å²) in [5, 5.41) is 2.96. The Bertz CT molecular complexity index is 477. The number of benzene rings is 1. The van der Waals surface area contributed by atoms with Gasteiger partial charge in [-0.3, -0.25) is 0 Å². The Balaban J connectivity index is 2.53. The second kappa shape index (κ2) is 4.94. The van der Waals surface area contributed by atoms with Gasteiger partial charge in [0.05, 0.1) is 12.7 Å². The zero-order chi connectivity index (χ0) is 11.4. The van der Waals surface area contributed by atoms with Crippen molar-refractivity contribution in [2.75, 3.05) is 7.11 Å². The first kappa shape index (κ1) is 10.9. The maximum Gasteiger partial charge on any atom is 0.132 e. The zero-order valence-electron chi connectivity index (χ0n) is 9.14. The second-order valence-corrected chi connectivity index (χ2v) is 4.22. The van der Waals surface area contributed by atoms with Gasteiger partial charge in [0.1, 0.15) is 10.8 Å². The van der Waals surface area contributed by atoms with Gasteiger partial charge in [0.25, 0.3) is 0 Å². The summed E-state index contributed by atoms with van der Waals surface area (Å²) in [7, 11) is 1.69. The van der Waals surface area contributed by atoms with E-state index in [1.165, 1.54) is 0 Å². The first-order valence-corrected chi connectivity index (χ1v) is 5.91. The molecule has 0 unspecified atom stereocenters. The molecule has 0 fully saturated rings. The summed E-state index contributed by atoms with van der Waals surface area (Å²) in [6.07, 6.45) is 4.49. The van der Waals surface area contributed by atoms with Gasteiger partial charge in [-0.15, -0.1) is 17.9 Å². The van der Waals surface area contributed by atoms with Gasteiger partial charge in [-0.25, -0.2) is 4.98 Å². The van der Waals surface area contributed by atoms with E-state index in [1.54, 1.807) is 24.6 Å². The van der Waals surface area contributed by atoms with Crippen molar-refractivity contribution >= 4 is 11.3 Å². The summed E-state index contributed by atoms with van der Waals surface area (Å²) in [4.78, 5) is 4.31. The largest absolute Gasteiger partial charge is 0.496 e. The van der Waals surface area contributed by atoms with Gasteiger partial charge in [0.2, 0.25) is 0 Å². The number of nitrogens with zero attached hydrogens (tertiary/aromatic N) is 1. The number of thiazole rings is 1. The second-order valence-electron chi connectivity index (χ2n) is 3.33. The Hall–Kier alpha value is -1.61. The van der Waals surface area contributed by atoms with E-state index < -0.39 is 0 Å². The summed E-state index contributed by atoms with van der Waals surface area (Å²) < 4.78 is 5.47. The smallest absolute Gasteiger partial charge is 0.132 e. The number of hydrogen-bond donors (Lipinski definition) is 0. The van der Waals surface area contributed by atoms with Crippen LogP contribution in [-0.2, 0) is 6.42 Å². The average Bonchev–Trinajstić information content (AvgIpc) is 2.82. The maximum atomic E-state index is 5.47. The lowest BCUT2D eigenvalue weighted by atomic mass is 10.1. The Morgan fingerprint density at radius 1 is 1.50 bits per heavy atom. The number of rotatable bonds is 4. The van der Waals surface area contributed by atoms with Gasteiger partial charge in [-0.2, -0.15) is 0 Å². The molecule has 1 aromatic carbocycles. The zero-order valence-corrected chi connectivity index (χ0v) is 9.96.